The molecule has 0 aliphatic carbocycles. The van der Waals surface area contributed by atoms with Gasteiger partial charge in [-0.1, -0.05) is 5.16 Å². The van der Waals surface area contributed by atoms with Crippen LogP contribution in [-0.2, 0) is 6.54 Å². The van der Waals surface area contributed by atoms with E-state index in [4.69, 9.17) is 4.52 Å². The maximum Gasteiger partial charge on any atom is 0.150 e. The highest BCUT2D eigenvalue weighted by Crippen LogP contribution is 2.00. The number of aryl methyl sites for hydroxylation is 1. The van der Waals surface area contributed by atoms with Crippen molar-refractivity contribution < 1.29 is 4.52 Å². The molecule has 0 saturated carbocycles. The molecule has 0 aromatic carbocycles. The van der Waals surface area contributed by atoms with Gasteiger partial charge in [0, 0.05) is 45.3 Å². The molecule has 90 valence electrons. The van der Waals surface area contributed by atoms with Crippen molar-refractivity contribution in [2.75, 3.05) is 39.3 Å². The van der Waals surface area contributed by atoms with Crippen molar-refractivity contribution in [3.05, 3.63) is 17.5 Å². The molecule has 0 unspecified atom stereocenters. The second-order valence-electron chi connectivity index (χ2n) is 4.20. The fraction of sp³-hybridized carbons (Fsp3) is 0.727. The summed E-state index contributed by atoms with van der Waals surface area (Å²) in [7, 11) is 0. The molecule has 0 radical (unpaired) electrons. The lowest BCUT2D eigenvalue weighted by Crippen LogP contribution is -2.45. The van der Waals surface area contributed by atoms with E-state index in [1.54, 1.807) is 0 Å². The molecule has 5 heteroatoms. The van der Waals surface area contributed by atoms with Crippen LogP contribution >= 0.6 is 0 Å². The maximum absolute atomic E-state index is 5.12. The van der Waals surface area contributed by atoms with E-state index in [-0.39, 0.29) is 0 Å². The van der Waals surface area contributed by atoms with Crippen molar-refractivity contribution in [2.45, 2.75) is 13.5 Å². The zero-order valence-electron chi connectivity index (χ0n) is 9.83. The van der Waals surface area contributed by atoms with Crippen molar-refractivity contribution in [1.82, 2.24) is 20.7 Å². The fourth-order valence-corrected chi connectivity index (χ4v) is 1.88. The Morgan fingerprint density at radius 1 is 1.50 bits per heavy atom. The third kappa shape index (κ3) is 3.59. The van der Waals surface area contributed by atoms with E-state index in [1.807, 2.05) is 13.0 Å². The monoisotopic (exact) mass is 224 g/mol. The van der Waals surface area contributed by atoms with Gasteiger partial charge in [0.15, 0.2) is 5.76 Å². The van der Waals surface area contributed by atoms with Crippen molar-refractivity contribution >= 4 is 0 Å². The van der Waals surface area contributed by atoms with E-state index in [9.17, 15) is 0 Å². The largest absolute Gasteiger partial charge is 0.360 e. The highest BCUT2D eigenvalue weighted by molar-refractivity contribution is 5.02. The van der Waals surface area contributed by atoms with Crippen LogP contribution in [-0.4, -0.2) is 49.3 Å². The molecular weight excluding hydrogens is 204 g/mol. The molecule has 2 heterocycles. The van der Waals surface area contributed by atoms with Crippen LogP contribution in [0.25, 0.3) is 0 Å². The normalized spacial score (nSPS) is 17.8. The Bertz CT molecular complexity index is 307. The van der Waals surface area contributed by atoms with Gasteiger partial charge in [-0.3, -0.25) is 4.90 Å². The van der Waals surface area contributed by atoms with Crippen LogP contribution in [0.1, 0.15) is 11.5 Å². The Balaban J connectivity index is 1.57. The van der Waals surface area contributed by atoms with Gasteiger partial charge >= 0.3 is 0 Å². The summed E-state index contributed by atoms with van der Waals surface area (Å²) in [5, 5.41) is 10.6. The minimum Gasteiger partial charge on any atom is -0.360 e. The summed E-state index contributed by atoms with van der Waals surface area (Å²) in [6.07, 6.45) is 0. The predicted molar refractivity (Wildman–Crippen MR) is 62.3 cm³/mol. The quantitative estimate of drug-likeness (QED) is 0.688. The first-order valence-electron chi connectivity index (χ1n) is 5.90. The van der Waals surface area contributed by atoms with Gasteiger partial charge in [0.25, 0.3) is 0 Å². The number of hydrogen-bond acceptors (Lipinski definition) is 5. The number of aromatic nitrogens is 1. The molecule has 2 N–H and O–H groups in total. The maximum atomic E-state index is 5.12. The summed E-state index contributed by atoms with van der Waals surface area (Å²) in [6, 6.07) is 1.97. The van der Waals surface area contributed by atoms with Gasteiger partial charge in [0.2, 0.25) is 0 Å². The summed E-state index contributed by atoms with van der Waals surface area (Å²) < 4.78 is 5.12. The van der Waals surface area contributed by atoms with Crippen LogP contribution in [0.5, 0.6) is 0 Å². The van der Waals surface area contributed by atoms with Crippen molar-refractivity contribution in [2.24, 2.45) is 0 Å². The SMILES string of the molecule is Cc1cc(CNCCN2CCNCC2)on1. The van der Waals surface area contributed by atoms with Gasteiger partial charge in [-0.15, -0.1) is 0 Å². The highest BCUT2D eigenvalue weighted by atomic mass is 16.5. The Labute approximate surface area is 96.2 Å². The molecule has 0 amide bonds. The van der Waals surface area contributed by atoms with Crippen LogP contribution in [0.3, 0.4) is 0 Å². The standard InChI is InChI=1S/C11H20N4O/c1-10-8-11(16-14-10)9-13-4-7-15-5-2-12-3-6-15/h8,12-13H,2-7,9H2,1H3. The molecule has 1 aliphatic rings. The molecule has 1 saturated heterocycles. The molecule has 5 nitrogen and oxygen atoms in total. The van der Waals surface area contributed by atoms with Crippen molar-refractivity contribution in [1.29, 1.82) is 0 Å². The van der Waals surface area contributed by atoms with Gasteiger partial charge in [-0.25, -0.2) is 0 Å². The molecule has 0 atom stereocenters. The predicted octanol–water partition coefficient (Wildman–Crippen LogP) is -0.0222. The second kappa shape index (κ2) is 5.98. The minimum absolute atomic E-state index is 0.771. The third-order valence-electron chi connectivity index (χ3n) is 2.79. The summed E-state index contributed by atoms with van der Waals surface area (Å²) in [5.41, 5.74) is 0.943. The van der Waals surface area contributed by atoms with Crippen LogP contribution < -0.4 is 10.6 Å². The van der Waals surface area contributed by atoms with Gasteiger partial charge < -0.3 is 15.2 Å². The van der Waals surface area contributed by atoms with E-state index in [1.165, 1.54) is 0 Å². The van der Waals surface area contributed by atoms with Crippen LogP contribution in [0.4, 0.5) is 0 Å². The molecule has 1 fully saturated rings. The third-order valence-corrected chi connectivity index (χ3v) is 2.79. The molecule has 1 aromatic rings. The average molecular weight is 224 g/mol. The summed E-state index contributed by atoms with van der Waals surface area (Å²) >= 11 is 0. The van der Waals surface area contributed by atoms with E-state index < -0.39 is 0 Å². The molecule has 0 bridgehead atoms. The van der Waals surface area contributed by atoms with Gasteiger partial charge in [0.05, 0.1) is 12.2 Å². The van der Waals surface area contributed by atoms with Gasteiger partial charge in [-0.05, 0) is 6.92 Å². The lowest BCUT2D eigenvalue weighted by molar-refractivity contribution is 0.239. The number of nitrogens with zero attached hydrogens (tertiary/aromatic N) is 2. The van der Waals surface area contributed by atoms with Crippen LogP contribution in [0.2, 0.25) is 0 Å². The zero-order valence-corrected chi connectivity index (χ0v) is 9.83. The summed E-state index contributed by atoms with van der Waals surface area (Å²) in [6.45, 7) is 9.35. The Kier molecular flexibility index (Phi) is 4.33. The molecule has 16 heavy (non-hydrogen) atoms. The number of nitrogens with one attached hydrogen (secondary N) is 2. The lowest BCUT2D eigenvalue weighted by Gasteiger charge is -2.27. The molecule has 1 aromatic heterocycles. The Hall–Kier alpha value is -0.910. The molecule has 2 rings (SSSR count). The van der Waals surface area contributed by atoms with E-state index in [2.05, 4.69) is 20.7 Å². The first-order valence-corrected chi connectivity index (χ1v) is 5.90. The summed E-state index contributed by atoms with van der Waals surface area (Å²) in [5.74, 6) is 0.915. The molecule has 0 spiro atoms. The van der Waals surface area contributed by atoms with E-state index in [0.717, 1.165) is 57.3 Å². The number of piperazine rings is 1. The number of hydrogen-bond donors (Lipinski definition) is 2. The first-order chi connectivity index (χ1) is 7.84. The van der Waals surface area contributed by atoms with Crippen molar-refractivity contribution in [3.63, 3.8) is 0 Å². The first kappa shape index (κ1) is 11.6. The molecule has 1 aliphatic heterocycles. The topological polar surface area (TPSA) is 53.3 Å². The molecular formula is C11H20N4O. The fourth-order valence-electron chi connectivity index (χ4n) is 1.88. The van der Waals surface area contributed by atoms with Gasteiger partial charge in [-0.2, -0.15) is 0 Å². The van der Waals surface area contributed by atoms with Gasteiger partial charge in [0.1, 0.15) is 0 Å². The average Bonchev–Trinajstić information content (AvgIpc) is 2.72. The highest BCUT2D eigenvalue weighted by Gasteiger charge is 2.08. The number of rotatable bonds is 5. The van der Waals surface area contributed by atoms with Crippen LogP contribution in [0, 0.1) is 6.92 Å². The van der Waals surface area contributed by atoms with E-state index in [0.29, 0.717) is 0 Å². The lowest BCUT2D eigenvalue weighted by atomic mass is 10.3. The van der Waals surface area contributed by atoms with Crippen molar-refractivity contribution in [3.8, 4) is 0 Å². The van der Waals surface area contributed by atoms with E-state index >= 15 is 0 Å². The zero-order chi connectivity index (χ0) is 11.2. The Morgan fingerprint density at radius 2 is 2.31 bits per heavy atom. The minimum atomic E-state index is 0.771. The summed E-state index contributed by atoms with van der Waals surface area (Å²) in [4.78, 5) is 2.47. The second-order valence-corrected chi connectivity index (χ2v) is 4.20. The Morgan fingerprint density at radius 3 is 3.00 bits per heavy atom. The van der Waals surface area contributed by atoms with Crippen LogP contribution in [0.15, 0.2) is 10.6 Å². The smallest absolute Gasteiger partial charge is 0.150 e.